The van der Waals surface area contributed by atoms with Gasteiger partial charge in [0.25, 0.3) is 10.0 Å². The molecule has 2 N–H and O–H groups in total. The molecule has 2 amide bonds. The summed E-state index contributed by atoms with van der Waals surface area (Å²) < 4.78 is 28.4. The Bertz CT molecular complexity index is 1240. The number of carbonyl (C=O) groups excluding carboxylic acids is 1. The second kappa shape index (κ2) is 9.68. The van der Waals surface area contributed by atoms with Gasteiger partial charge in [-0.1, -0.05) is 13.0 Å². The maximum absolute atomic E-state index is 13.1. The van der Waals surface area contributed by atoms with Gasteiger partial charge in [0.05, 0.1) is 5.56 Å². The number of hydrogen-bond acceptors (Lipinski definition) is 6. The molecule has 33 heavy (non-hydrogen) atoms. The van der Waals surface area contributed by atoms with Crippen molar-refractivity contribution >= 4 is 33.1 Å². The minimum atomic E-state index is -4.15. The van der Waals surface area contributed by atoms with Crippen molar-refractivity contribution in [1.29, 1.82) is 5.26 Å². The van der Waals surface area contributed by atoms with Gasteiger partial charge in [0.15, 0.2) is 4.21 Å². The largest absolute Gasteiger partial charge is 1.00 e. The topological polar surface area (TPSA) is 102 Å². The number of likely N-dealkylation sites (N-methyl/N-ethyl adjacent to an activating group) is 1. The van der Waals surface area contributed by atoms with E-state index in [4.69, 9.17) is 0 Å². The van der Waals surface area contributed by atoms with Crippen molar-refractivity contribution < 1.29 is 44.2 Å². The van der Waals surface area contributed by atoms with Crippen molar-refractivity contribution in [2.75, 3.05) is 18.4 Å². The maximum Gasteiger partial charge on any atom is 1.00 e. The van der Waals surface area contributed by atoms with Crippen molar-refractivity contribution in [1.82, 2.24) is 9.62 Å². The van der Waals surface area contributed by atoms with Crippen LogP contribution in [0.4, 0.5) is 10.5 Å². The molecule has 10 heteroatoms. The van der Waals surface area contributed by atoms with Gasteiger partial charge in [-0.15, -0.1) is 11.3 Å². The fraction of sp³-hybridized carbons (Fsp3) is 0.478. The van der Waals surface area contributed by atoms with Crippen molar-refractivity contribution in [2.24, 2.45) is 0 Å². The van der Waals surface area contributed by atoms with Gasteiger partial charge in [-0.3, -0.25) is 4.90 Å². The minimum Gasteiger partial charge on any atom is -1.00 e. The number of amides is 2. The number of sulfonamides is 1. The van der Waals surface area contributed by atoms with Gasteiger partial charge in [-0.25, -0.2) is 17.9 Å². The van der Waals surface area contributed by atoms with E-state index in [0.717, 1.165) is 90.2 Å². The summed E-state index contributed by atoms with van der Waals surface area (Å²) in [6.07, 6.45) is 6.54. The van der Waals surface area contributed by atoms with Crippen LogP contribution in [0.25, 0.3) is 0 Å². The summed E-state index contributed by atoms with van der Waals surface area (Å²) in [7, 11) is -4.15. The number of nitrogens with zero attached hydrogens (tertiary/aromatic N) is 2. The third-order valence-electron chi connectivity index (χ3n) is 6.85. The number of anilines is 1. The Hall–Kier alpha value is -1.41. The predicted octanol–water partition coefficient (Wildman–Crippen LogP) is 0.602. The van der Waals surface area contributed by atoms with Gasteiger partial charge in [-0.05, 0) is 79.3 Å². The molecule has 1 aromatic carbocycles. The summed E-state index contributed by atoms with van der Waals surface area (Å²) >= 11 is 1.11. The normalized spacial score (nSPS) is 16.8. The SMILES string of the molecule is CCN1CCc2c(sc(S(=O)(=O)NC(=O)Nc3c4c(cc5c3CCC5)CCC4)c2C#N)C1.[H-].[Na+]. The number of nitrogens with one attached hydrogen (secondary N) is 2. The van der Waals surface area contributed by atoms with Gasteiger partial charge in [0.1, 0.15) is 6.07 Å². The van der Waals surface area contributed by atoms with E-state index < -0.39 is 16.1 Å². The standard InChI is InChI=1S/C23H26N4O3S2.Na.H/c1-2-27-10-9-18-19(12-24)22(31-20(18)13-27)32(29,30)26-23(28)25-21-16-7-3-5-14(16)11-15-6-4-8-17(15)21;;/h11H,2-10,13H2,1H3,(H2,25,26,28);;/q;+1;-1. The Morgan fingerprint density at radius 1 is 1.15 bits per heavy atom. The molecule has 170 valence electrons. The molecule has 0 radical (unpaired) electrons. The number of hydrogen-bond donors (Lipinski definition) is 2. The maximum atomic E-state index is 13.1. The molecule has 0 saturated heterocycles. The molecule has 2 heterocycles. The van der Waals surface area contributed by atoms with Gasteiger partial charge < -0.3 is 6.74 Å². The quantitative estimate of drug-likeness (QED) is 0.607. The molecule has 3 aliphatic rings. The fourth-order valence-electron chi connectivity index (χ4n) is 5.28. The molecule has 1 aromatic heterocycles. The molecular formula is C23H27N4NaO3S2. The summed E-state index contributed by atoms with van der Waals surface area (Å²) in [6, 6.07) is 3.58. The van der Waals surface area contributed by atoms with Crippen LogP contribution in [0.2, 0.25) is 0 Å². The van der Waals surface area contributed by atoms with E-state index in [1.807, 2.05) is 0 Å². The zero-order valence-corrected chi connectivity index (χ0v) is 22.7. The Labute approximate surface area is 222 Å². The zero-order valence-electron chi connectivity index (χ0n) is 20.1. The first kappa shape index (κ1) is 24.7. The molecule has 2 aromatic rings. The van der Waals surface area contributed by atoms with E-state index in [1.54, 1.807) is 0 Å². The van der Waals surface area contributed by atoms with Crippen molar-refractivity contribution in [3.05, 3.63) is 44.3 Å². The van der Waals surface area contributed by atoms with Crippen LogP contribution in [0.15, 0.2) is 10.3 Å². The predicted molar refractivity (Wildman–Crippen MR) is 125 cm³/mol. The number of benzene rings is 1. The summed E-state index contributed by atoms with van der Waals surface area (Å²) in [5.74, 6) is 0. The van der Waals surface area contributed by atoms with Crippen LogP contribution in [0.5, 0.6) is 0 Å². The van der Waals surface area contributed by atoms with Crippen LogP contribution in [-0.4, -0.2) is 32.4 Å². The molecule has 0 saturated carbocycles. The van der Waals surface area contributed by atoms with Crippen molar-refractivity contribution in [3.63, 3.8) is 0 Å². The number of fused-ring (bicyclic) bond motifs is 3. The summed E-state index contributed by atoms with van der Waals surface area (Å²) in [5.41, 5.74) is 6.60. The van der Waals surface area contributed by atoms with Crippen LogP contribution in [0, 0.1) is 11.3 Å². The second-order valence-corrected chi connectivity index (χ2v) is 11.7. The first-order valence-electron chi connectivity index (χ1n) is 11.2. The molecule has 1 aliphatic heterocycles. The Balaban J connectivity index is 0.00000162. The average molecular weight is 495 g/mol. The molecule has 0 unspecified atom stereocenters. The summed E-state index contributed by atoms with van der Waals surface area (Å²) in [4.78, 5) is 16.0. The molecule has 0 fully saturated rings. The second-order valence-electron chi connectivity index (χ2n) is 8.69. The van der Waals surface area contributed by atoms with Crippen LogP contribution in [0.3, 0.4) is 0 Å². The van der Waals surface area contributed by atoms with E-state index in [2.05, 4.69) is 34.0 Å². The summed E-state index contributed by atoms with van der Waals surface area (Å²) in [6.45, 7) is 4.36. The molecule has 7 nitrogen and oxygen atoms in total. The van der Waals surface area contributed by atoms with E-state index in [9.17, 15) is 18.5 Å². The van der Waals surface area contributed by atoms with Gasteiger partial charge >= 0.3 is 35.6 Å². The molecule has 2 aliphatic carbocycles. The van der Waals surface area contributed by atoms with Crippen molar-refractivity contribution in [2.45, 2.75) is 62.6 Å². The number of nitriles is 1. The molecular weight excluding hydrogens is 467 g/mol. The first-order valence-corrected chi connectivity index (χ1v) is 13.5. The Morgan fingerprint density at radius 3 is 2.42 bits per heavy atom. The van der Waals surface area contributed by atoms with Crippen LogP contribution >= 0.6 is 11.3 Å². The van der Waals surface area contributed by atoms with Crippen LogP contribution in [-0.2, 0) is 48.7 Å². The number of aryl methyl sites for hydroxylation is 2. The fourth-order valence-corrected chi connectivity index (χ4v) is 8.04. The third kappa shape index (κ3) is 4.49. The van der Waals surface area contributed by atoms with E-state index in [1.165, 1.54) is 11.1 Å². The smallest absolute Gasteiger partial charge is 1.00 e. The van der Waals surface area contributed by atoms with Gasteiger partial charge in [-0.2, -0.15) is 5.26 Å². The van der Waals surface area contributed by atoms with Crippen LogP contribution < -0.4 is 39.6 Å². The van der Waals surface area contributed by atoms with E-state index in [-0.39, 0.29) is 40.8 Å². The van der Waals surface area contributed by atoms with Gasteiger partial charge in [0, 0.05) is 23.7 Å². The monoisotopic (exact) mass is 494 g/mol. The molecule has 0 bridgehead atoms. The Morgan fingerprint density at radius 2 is 1.82 bits per heavy atom. The van der Waals surface area contributed by atoms with E-state index in [0.29, 0.717) is 13.0 Å². The number of thiophene rings is 1. The number of rotatable bonds is 4. The minimum absolute atomic E-state index is 0. The Kier molecular flexibility index (Phi) is 7.25. The van der Waals surface area contributed by atoms with E-state index >= 15 is 0 Å². The zero-order chi connectivity index (χ0) is 22.5. The van der Waals surface area contributed by atoms with Gasteiger partial charge in [0.2, 0.25) is 0 Å². The molecule has 0 atom stereocenters. The first-order chi connectivity index (χ1) is 15.4. The molecule has 5 rings (SSSR count). The summed E-state index contributed by atoms with van der Waals surface area (Å²) in [5, 5.41) is 12.5. The van der Waals surface area contributed by atoms with Crippen molar-refractivity contribution in [3.8, 4) is 6.07 Å². The number of carbonyl (C=O) groups is 1. The number of urea groups is 1. The van der Waals surface area contributed by atoms with Crippen LogP contribution in [0.1, 0.15) is 59.4 Å². The third-order valence-corrected chi connectivity index (χ3v) is 9.91. The molecule has 0 spiro atoms. The average Bonchev–Trinajstić information content (AvgIpc) is 3.50.